The van der Waals surface area contributed by atoms with Crippen LogP contribution < -0.4 is 5.32 Å². The van der Waals surface area contributed by atoms with Crippen LogP contribution in [0.15, 0.2) is 42.5 Å². The van der Waals surface area contributed by atoms with Crippen molar-refractivity contribution >= 4 is 11.7 Å². The summed E-state index contributed by atoms with van der Waals surface area (Å²) in [4.78, 5) is 11.3. The van der Waals surface area contributed by atoms with Crippen LogP contribution in [-0.2, 0) is 0 Å². The van der Waals surface area contributed by atoms with Crippen molar-refractivity contribution in [3.63, 3.8) is 0 Å². The Hall–Kier alpha value is -2.29. The molecule has 3 heteroatoms. The van der Waals surface area contributed by atoms with Gasteiger partial charge in [0.2, 0.25) is 0 Å². The highest BCUT2D eigenvalue weighted by molar-refractivity contribution is 5.94. The maximum absolute atomic E-state index is 11.3. The minimum absolute atomic E-state index is 0.0528. The molecule has 20 heavy (non-hydrogen) atoms. The van der Waals surface area contributed by atoms with Gasteiger partial charge < -0.3 is 10.4 Å². The number of rotatable bonds is 4. The Kier molecular flexibility index (Phi) is 4.08. The number of carboxylic acid groups (broad SMARTS) is 1. The highest BCUT2D eigenvalue weighted by Gasteiger charge is 2.14. The molecule has 0 aliphatic rings. The summed E-state index contributed by atoms with van der Waals surface area (Å²) in [5.41, 5.74) is 4.27. The first-order valence-electron chi connectivity index (χ1n) is 6.65. The number of carboxylic acids is 1. The van der Waals surface area contributed by atoms with Gasteiger partial charge in [0.15, 0.2) is 0 Å². The molecule has 2 aromatic rings. The summed E-state index contributed by atoms with van der Waals surface area (Å²) in [6.45, 7) is 5.98. The van der Waals surface area contributed by atoms with Gasteiger partial charge in [0.25, 0.3) is 0 Å². The standard InChI is InChI=1S/C17H19NO2/c1-11-8-9-16(15(10-11)17(19)20)18-13(3)14-7-5-4-6-12(14)2/h4-10,13,18H,1-3H3,(H,19,20). The molecule has 0 amide bonds. The van der Waals surface area contributed by atoms with Gasteiger partial charge in [-0.25, -0.2) is 4.79 Å². The molecule has 0 saturated heterocycles. The van der Waals surface area contributed by atoms with Crippen molar-refractivity contribution in [1.29, 1.82) is 0 Å². The molecule has 0 heterocycles. The Morgan fingerprint density at radius 3 is 2.50 bits per heavy atom. The van der Waals surface area contributed by atoms with Crippen molar-refractivity contribution in [2.24, 2.45) is 0 Å². The van der Waals surface area contributed by atoms with Crippen LogP contribution in [0.25, 0.3) is 0 Å². The smallest absolute Gasteiger partial charge is 0.337 e. The predicted molar refractivity (Wildman–Crippen MR) is 81.4 cm³/mol. The molecule has 0 radical (unpaired) electrons. The lowest BCUT2D eigenvalue weighted by molar-refractivity contribution is 0.0698. The average Bonchev–Trinajstić information content (AvgIpc) is 2.41. The van der Waals surface area contributed by atoms with Crippen LogP contribution in [-0.4, -0.2) is 11.1 Å². The van der Waals surface area contributed by atoms with E-state index in [1.54, 1.807) is 6.07 Å². The van der Waals surface area contributed by atoms with Crippen LogP contribution in [0.2, 0.25) is 0 Å². The molecule has 0 aliphatic heterocycles. The van der Waals surface area contributed by atoms with Gasteiger partial charge in [0.05, 0.1) is 5.56 Å². The van der Waals surface area contributed by atoms with Gasteiger partial charge in [0.1, 0.15) is 0 Å². The third-order valence-corrected chi connectivity index (χ3v) is 3.43. The Morgan fingerprint density at radius 1 is 1.15 bits per heavy atom. The summed E-state index contributed by atoms with van der Waals surface area (Å²) in [7, 11) is 0. The summed E-state index contributed by atoms with van der Waals surface area (Å²) < 4.78 is 0. The quantitative estimate of drug-likeness (QED) is 0.875. The van der Waals surface area contributed by atoms with E-state index in [2.05, 4.69) is 24.4 Å². The molecule has 1 atom stereocenters. The maximum Gasteiger partial charge on any atom is 0.337 e. The minimum Gasteiger partial charge on any atom is -0.478 e. The molecule has 2 rings (SSSR count). The summed E-state index contributed by atoms with van der Waals surface area (Å²) in [6.07, 6.45) is 0. The zero-order valence-electron chi connectivity index (χ0n) is 12.0. The molecule has 2 aromatic carbocycles. The minimum atomic E-state index is -0.909. The molecule has 0 aromatic heterocycles. The highest BCUT2D eigenvalue weighted by Crippen LogP contribution is 2.25. The van der Waals surface area contributed by atoms with Crippen molar-refractivity contribution in [1.82, 2.24) is 0 Å². The number of nitrogens with one attached hydrogen (secondary N) is 1. The van der Waals surface area contributed by atoms with Gasteiger partial charge in [-0.15, -0.1) is 0 Å². The fraction of sp³-hybridized carbons (Fsp3) is 0.235. The van der Waals surface area contributed by atoms with E-state index in [-0.39, 0.29) is 6.04 Å². The lowest BCUT2D eigenvalue weighted by Crippen LogP contribution is -2.11. The molecule has 0 aliphatic carbocycles. The highest BCUT2D eigenvalue weighted by atomic mass is 16.4. The normalized spacial score (nSPS) is 11.9. The molecule has 104 valence electrons. The van der Waals surface area contributed by atoms with E-state index in [1.807, 2.05) is 38.1 Å². The number of hydrogen-bond acceptors (Lipinski definition) is 2. The predicted octanol–water partition coefficient (Wildman–Crippen LogP) is 4.17. The summed E-state index contributed by atoms with van der Waals surface area (Å²) >= 11 is 0. The number of aryl methyl sites for hydroxylation is 2. The molecule has 0 bridgehead atoms. The van der Waals surface area contributed by atoms with E-state index >= 15 is 0 Å². The summed E-state index contributed by atoms with van der Waals surface area (Å²) in [5, 5.41) is 12.6. The van der Waals surface area contributed by atoms with Crippen molar-refractivity contribution in [2.75, 3.05) is 5.32 Å². The molecular weight excluding hydrogens is 250 g/mol. The largest absolute Gasteiger partial charge is 0.478 e. The van der Waals surface area contributed by atoms with Gasteiger partial charge in [-0.1, -0.05) is 35.9 Å². The lowest BCUT2D eigenvalue weighted by Gasteiger charge is -2.19. The van der Waals surface area contributed by atoms with Crippen LogP contribution in [0, 0.1) is 13.8 Å². The SMILES string of the molecule is Cc1ccc(NC(C)c2ccccc2C)c(C(=O)O)c1. The first-order valence-corrected chi connectivity index (χ1v) is 6.65. The van der Waals surface area contributed by atoms with Gasteiger partial charge >= 0.3 is 5.97 Å². The Balaban J connectivity index is 2.31. The third kappa shape index (κ3) is 2.99. The van der Waals surface area contributed by atoms with Gasteiger partial charge in [0, 0.05) is 11.7 Å². The molecule has 3 nitrogen and oxygen atoms in total. The molecule has 0 saturated carbocycles. The van der Waals surface area contributed by atoms with E-state index in [9.17, 15) is 9.90 Å². The molecule has 0 spiro atoms. The monoisotopic (exact) mass is 269 g/mol. The van der Waals surface area contributed by atoms with Crippen LogP contribution in [0.3, 0.4) is 0 Å². The molecule has 1 unspecified atom stereocenters. The zero-order chi connectivity index (χ0) is 14.7. The number of carbonyl (C=O) groups is 1. The zero-order valence-corrected chi connectivity index (χ0v) is 12.0. The summed E-state index contributed by atoms with van der Waals surface area (Å²) in [6, 6.07) is 13.6. The number of hydrogen-bond donors (Lipinski definition) is 2. The van der Waals surface area contributed by atoms with Gasteiger partial charge in [-0.05, 0) is 44.0 Å². The maximum atomic E-state index is 11.3. The van der Waals surface area contributed by atoms with Crippen LogP contribution in [0.1, 0.15) is 40.0 Å². The van der Waals surface area contributed by atoms with E-state index in [1.165, 1.54) is 11.1 Å². The fourth-order valence-electron chi connectivity index (χ4n) is 2.34. The summed E-state index contributed by atoms with van der Waals surface area (Å²) in [5.74, 6) is -0.909. The molecule has 0 fully saturated rings. The Bertz CT molecular complexity index is 635. The third-order valence-electron chi connectivity index (χ3n) is 3.43. The number of anilines is 1. The van der Waals surface area contributed by atoms with Gasteiger partial charge in [-0.3, -0.25) is 0 Å². The molecule has 2 N–H and O–H groups in total. The van der Waals surface area contributed by atoms with Crippen molar-refractivity contribution in [2.45, 2.75) is 26.8 Å². The van der Waals surface area contributed by atoms with Crippen molar-refractivity contribution in [3.05, 3.63) is 64.7 Å². The van der Waals surface area contributed by atoms with Crippen molar-refractivity contribution in [3.8, 4) is 0 Å². The van der Waals surface area contributed by atoms with E-state index in [0.717, 1.165) is 5.56 Å². The van der Waals surface area contributed by atoms with E-state index < -0.39 is 5.97 Å². The van der Waals surface area contributed by atoms with Crippen LogP contribution in [0.4, 0.5) is 5.69 Å². The van der Waals surface area contributed by atoms with Crippen LogP contribution >= 0.6 is 0 Å². The van der Waals surface area contributed by atoms with Crippen LogP contribution in [0.5, 0.6) is 0 Å². The second kappa shape index (κ2) is 5.78. The average molecular weight is 269 g/mol. The Labute approximate surface area is 119 Å². The first kappa shape index (κ1) is 14.1. The molecular formula is C17H19NO2. The van der Waals surface area contributed by atoms with Gasteiger partial charge in [-0.2, -0.15) is 0 Å². The lowest BCUT2D eigenvalue weighted by atomic mass is 10.0. The van der Waals surface area contributed by atoms with E-state index in [0.29, 0.717) is 11.3 Å². The number of benzene rings is 2. The van der Waals surface area contributed by atoms with Crippen molar-refractivity contribution < 1.29 is 9.90 Å². The Morgan fingerprint density at radius 2 is 1.85 bits per heavy atom. The number of aromatic carboxylic acids is 1. The first-order chi connectivity index (χ1) is 9.49. The van der Waals surface area contributed by atoms with E-state index in [4.69, 9.17) is 0 Å². The fourth-order valence-corrected chi connectivity index (χ4v) is 2.34. The second-order valence-corrected chi connectivity index (χ2v) is 5.08. The topological polar surface area (TPSA) is 49.3 Å². The second-order valence-electron chi connectivity index (χ2n) is 5.08.